The van der Waals surface area contributed by atoms with Gasteiger partial charge in [-0.3, -0.25) is 9.59 Å². The van der Waals surface area contributed by atoms with Crippen LogP contribution < -0.4 is 17.0 Å². The Hall–Kier alpha value is -5.05. The van der Waals surface area contributed by atoms with Crippen molar-refractivity contribution < 1.29 is 13.6 Å². The van der Waals surface area contributed by atoms with E-state index in [2.05, 4.69) is 23.8 Å². The molecule has 1 amide bonds. The molecular formula is C31H24F2N4O3. The Labute approximate surface area is 225 Å². The summed E-state index contributed by atoms with van der Waals surface area (Å²) in [6.07, 6.45) is 0. The number of benzene rings is 4. The van der Waals surface area contributed by atoms with Crippen molar-refractivity contribution in [1.29, 1.82) is 0 Å². The zero-order valence-electron chi connectivity index (χ0n) is 21.9. The SMILES string of the molecule is Cc1c(-c2c(F)cc(C(N)=O)c3[nH]c4cc(C(C)C)ccc4c23)cccc1-n1c(=O)[nH]c2c(F)cccc2c1=O. The summed E-state index contributed by atoms with van der Waals surface area (Å²) in [5.74, 6) is -1.94. The molecule has 4 N–H and O–H groups in total. The van der Waals surface area contributed by atoms with Crippen LogP contribution in [0.4, 0.5) is 8.78 Å². The molecule has 0 saturated heterocycles. The average molecular weight is 539 g/mol. The van der Waals surface area contributed by atoms with Crippen LogP contribution in [0.25, 0.3) is 49.5 Å². The highest BCUT2D eigenvalue weighted by molar-refractivity contribution is 6.20. The molecule has 0 aliphatic carbocycles. The molecule has 2 aromatic heterocycles. The molecule has 0 aliphatic heterocycles. The van der Waals surface area contributed by atoms with Crippen molar-refractivity contribution in [3.05, 3.63) is 110 Å². The third kappa shape index (κ3) is 3.65. The Balaban J connectivity index is 1.69. The lowest BCUT2D eigenvalue weighted by molar-refractivity contribution is 0.100. The Morgan fingerprint density at radius 3 is 2.38 bits per heavy atom. The van der Waals surface area contributed by atoms with Gasteiger partial charge in [0.25, 0.3) is 11.5 Å². The fourth-order valence-electron chi connectivity index (χ4n) is 5.44. The molecule has 0 fully saturated rings. The number of fused-ring (bicyclic) bond motifs is 4. The number of hydrogen-bond donors (Lipinski definition) is 3. The van der Waals surface area contributed by atoms with Gasteiger partial charge in [-0.1, -0.05) is 44.2 Å². The molecule has 9 heteroatoms. The first-order chi connectivity index (χ1) is 19.1. The number of halogens is 2. The second-order valence-corrected chi connectivity index (χ2v) is 10.2. The predicted molar refractivity (Wildman–Crippen MR) is 152 cm³/mol. The maximum Gasteiger partial charge on any atom is 0.333 e. The van der Waals surface area contributed by atoms with Crippen LogP contribution in [0.2, 0.25) is 0 Å². The minimum absolute atomic E-state index is 0.00127. The van der Waals surface area contributed by atoms with E-state index in [4.69, 9.17) is 5.73 Å². The van der Waals surface area contributed by atoms with Gasteiger partial charge in [-0.05, 0) is 59.9 Å². The molecule has 0 atom stereocenters. The highest BCUT2D eigenvalue weighted by Crippen LogP contribution is 2.41. The summed E-state index contributed by atoms with van der Waals surface area (Å²) in [5, 5.41) is 1.15. The highest BCUT2D eigenvalue weighted by Gasteiger charge is 2.24. The van der Waals surface area contributed by atoms with Gasteiger partial charge in [-0.25, -0.2) is 18.1 Å². The number of carbonyl (C=O) groups excluding carboxylic acids is 1. The lowest BCUT2D eigenvalue weighted by Gasteiger charge is -2.16. The summed E-state index contributed by atoms with van der Waals surface area (Å²) < 4.78 is 31.2. The van der Waals surface area contributed by atoms with Gasteiger partial charge < -0.3 is 15.7 Å². The largest absolute Gasteiger partial charge is 0.366 e. The van der Waals surface area contributed by atoms with Gasteiger partial charge in [0.2, 0.25) is 0 Å². The molecule has 7 nitrogen and oxygen atoms in total. The Bertz CT molecular complexity index is 2160. The maximum atomic E-state index is 16.0. The maximum absolute atomic E-state index is 16.0. The van der Waals surface area contributed by atoms with Crippen molar-refractivity contribution in [1.82, 2.24) is 14.5 Å². The summed E-state index contributed by atoms with van der Waals surface area (Å²) in [4.78, 5) is 44.4. The van der Waals surface area contributed by atoms with Gasteiger partial charge >= 0.3 is 5.69 Å². The molecule has 0 spiro atoms. The summed E-state index contributed by atoms with van der Waals surface area (Å²) in [6, 6.07) is 15.7. The van der Waals surface area contributed by atoms with Crippen molar-refractivity contribution in [2.24, 2.45) is 5.73 Å². The van der Waals surface area contributed by atoms with Gasteiger partial charge in [-0.15, -0.1) is 0 Å². The lowest BCUT2D eigenvalue weighted by Crippen LogP contribution is -2.34. The summed E-state index contributed by atoms with van der Waals surface area (Å²) >= 11 is 0. The Kier molecular flexibility index (Phi) is 5.69. The first-order valence-electron chi connectivity index (χ1n) is 12.7. The number of H-pyrrole nitrogens is 2. The average Bonchev–Trinajstić information content (AvgIpc) is 3.28. The summed E-state index contributed by atoms with van der Waals surface area (Å²) in [5.41, 5.74) is 7.34. The standard InChI is InChI=1S/C31H24F2N4O3/c1-14(2)16-10-11-18-23(12-16)35-28-20(29(34)38)13-22(33)25(26(18)28)17-6-5-9-24(15(17)3)37-30(39)19-7-4-8-21(32)27(19)36-31(37)40/h4-14,35H,1-3H3,(H2,34,38)(H,36,40). The molecule has 2 heterocycles. The normalized spacial score (nSPS) is 11.8. The number of aromatic amines is 2. The number of hydrogen-bond acceptors (Lipinski definition) is 3. The van der Waals surface area contributed by atoms with E-state index >= 15 is 4.39 Å². The van der Waals surface area contributed by atoms with E-state index in [1.54, 1.807) is 25.1 Å². The fourth-order valence-corrected chi connectivity index (χ4v) is 5.44. The third-order valence-electron chi connectivity index (χ3n) is 7.48. The Morgan fingerprint density at radius 1 is 0.900 bits per heavy atom. The van der Waals surface area contributed by atoms with Crippen LogP contribution in [-0.4, -0.2) is 20.4 Å². The summed E-state index contributed by atoms with van der Waals surface area (Å²) in [6.45, 7) is 5.79. The first-order valence-corrected chi connectivity index (χ1v) is 12.7. The number of primary amides is 1. The minimum Gasteiger partial charge on any atom is -0.366 e. The van der Waals surface area contributed by atoms with E-state index in [1.165, 1.54) is 12.1 Å². The van der Waals surface area contributed by atoms with Gasteiger partial charge in [0.15, 0.2) is 0 Å². The first kappa shape index (κ1) is 25.2. The van der Waals surface area contributed by atoms with Crippen LogP contribution in [0.3, 0.4) is 0 Å². The number of rotatable bonds is 4. The lowest BCUT2D eigenvalue weighted by atomic mass is 9.92. The quantitative estimate of drug-likeness (QED) is 0.264. The molecule has 40 heavy (non-hydrogen) atoms. The zero-order chi connectivity index (χ0) is 28.5. The van der Waals surface area contributed by atoms with Crippen molar-refractivity contribution >= 4 is 38.6 Å². The number of carbonyl (C=O) groups is 1. The molecule has 0 aliphatic rings. The number of aromatic nitrogens is 3. The van der Waals surface area contributed by atoms with Crippen molar-refractivity contribution in [2.45, 2.75) is 26.7 Å². The second-order valence-electron chi connectivity index (χ2n) is 10.2. The van der Waals surface area contributed by atoms with Crippen LogP contribution in [0, 0.1) is 18.6 Å². The zero-order valence-corrected chi connectivity index (χ0v) is 21.9. The van der Waals surface area contributed by atoms with Gasteiger partial charge in [0.1, 0.15) is 11.6 Å². The Morgan fingerprint density at radius 2 is 1.65 bits per heavy atom. The number of para-hydroxylation sites is 1. The minimum atomic E-state index is -0.828. The fraction of sp³-hybridized carbons (Fsp3) is 0.129. The molecule has 0 saturated carbocycles. The van der Waals surface area contributed by atoms with E-state index in [-0.39, 0.29) is 33.6 Å². The predicted octanol–water partition coefficient (Wildman–Crippen LogP) is 5.79. The second kappa shape index (κ2) is 9.01. The molecule has 0 radical (unpaired) electrons. The molecular weight excluding hydrogens is 514 g/mol. The van der Waals surface area contributed by atoms with Crippen molar-refractivity contribution in [2.75, 3.05) is 0 Å². The monoisotopic (exact) mass is 538 g/mol. The van der Waals surface area contributed by atoms with E-state index in [0.717, 1.165) is 22.3 Å². The molecule has 0 bridgehead atoms. The molecule has 4 aromatic carbocycles. The van der Waals surface area contributed by atoms with E-state index in [0.29, 0.717) is 32.9 Å². The van der Waals surface area contributed by atoms with E-state index in [9.17, 15) is 18.8 Å². The number of nitrogens with zero attached hydrogens (tertiary/aromatic N) is 1. The van der Waals surface area contributed by atoms with Crippen LogP contribution in [0.1, 0.15) is 41.3 Å². The molecule has 6 rings (SSSR count). The van der Waals surface area contributed by atoms with Gasteiger partial charge in [0.05, 0.1) is 27.7 Å². The van der Waals surface area contributed by atoms with Crippen LogP contribution in [0.15, 0.2) is 70.3 Å². The van der Waals surface area contributed by atoms with Crippen LogP contribution >= 0.6 is 0 Å². The molecule has 6 aromatic rings. The third-order valence-corrected chi connectivity index (χ3v) is 7.48. The molecule has 200 valence electrons. The van der Waals surface area contributed by atoms with Gasteiger partial charge in [0, 0.05) is 21.9 Å². The number of amides is 1. The number of nitrogens with two attached hydrogens (primary N) is 1. The van der Waals surface area contributed by atoms with E-state index in [1.807, 2.05) is 18.2 Å². The van der Waals surface area contributed by atoms with Crippen LogP contribution in [0.5, 0.6) is 0 Å². The summed E-state index contributed by atoms with van der Waals surface area (Å²) in [7, 11) is 0. The smallest absolute Gasteiger partial charge is 0.333 e. The molecule has 0 unspecified atom stereocenters. The highest BCUT2D eigenvalue weighted by atomic mass is 19.1. The van der Waals surface area contributed by atoms with Crippen LogP contribution in [-0.2, 0) is 0 Å². The topological polar surface area (TPSA) is 114 Å². The van der Waals surface area contributed by atoms with Gasteiger partial charge in [-0.2, -0.15) is 0 Å². The number of nitrogens with one attached hydrogen (secondary N) is 2. The van der Waals surface area contributed by atoms with Crippen molar-refractivity contribution in [3.8, 4) is 16.8 Å². The van der Waals surface area contributed by atoms with Crippen molar-refractivity contribution in [3.63, 3.8) is 0 Å². The van der Waals surface area contributed by atoms with E-state index < -0.39 is 28.8 Å².